The molecule has 1 fully saturated rings. The molecule has 0 aliphatic carbocycles. The van der Waals surface area contributed by atoms with Gasteiger partial charge in [0.05, 0.1) is 0 Å². The molecule has 1 N–H and O–H groups in total. The maximum atomic E-state index is 10.8. The van der Waals surface area contributed by atoms with Crippen LogP contribution in [-0.2, 0) is 4.79 Å². The molecule has 0 aromatic carbocycles. The van der Waals surface area contributed by atoms with Crippen molar-refractivity contribution in [3.8, 4) is 0 Å². The van der Waals surface area contributed by atoms with Crippen LogP contribution in [-0.4, -0.2) is 47.1 Å². The Morgan fingerprint density at radius 2 is 2.46 bits per heavy atom. The monoisotopic (exact) mass is 203 g/mol. The molecule has 0 amide bonds. The number of hydrogen-bond donors (Lipinski definition) is 1. The minimum absolute atomic E-state index is 0.207. The zero-order valence-electron chi connectivity index (χ0n) is 8.03. The van der Waals surface area contributed by atoms with E-state index in [1.165, 1.54) is 0 Å². The molecule has 0 aromatic rings. The van der Waals surface area contributed by atoms with E-state index in [2.05, 4.69) is 11.2 Å². The number of hydrogen-bond acceptors (Lipinski definition) is 3. The summed E-state index contributed by atoms with van der Waals surface area (Å²) in [6.07, 6.45) is 5.05. The zero-order valence-corrected chi connectivity index (χ0v) is 8.85. The first-order valence-electron chi connectivity index (χ1n) is 4.71. The summed E-state index contributed by atoms with van der Waals surface area (Å²) in [4.78, 5) is 12.9. The first-order chi connectivity index (χ1) is 6.25. The summed E-state index contributed by atoms with van der Waals surface area (Å²) in [5, 5.41) is 8.89. The highest BCUT2D eigenvalue weighted by molar-refractivity contribution is 7.98. The Kier molecular flexibility index (Phi) is 4.59. The summed E-state index contributed by atoms with van der Waals surface area (Å²) in [5.41, 5.74) is 0. The molecule has 1 aliphatic rings. The van der Waals surface area contributed by atoms with E-state index >= 15 is 0 Å². The van der Waals surface area contributed by atoms with Crippen LogP contribution in [0.4, 0.5) is 0 Å². The van der Waals surface area contributed by atoms with Crippen LogP contribution in [0, 0.1) is 0 Å². The molecule has 0 bridgehead atoms. The molecular weight excluding hydrogens is 186 g/mol. The van der Waals surface area contributed by atoms with Gasteiger partial charge in [-0.1, -0.05) is 0 Å². The lowest BCUT2D eigenvalue weighted by Crippen LogP contribution is -2.36. The smallest absolute Gasteiger partial charge is 0.320 e. The highest BCUT2D eigenvalue weighted by atomic mass is 32.2. The fourth-order valence-corrected chi connectivity index (χ4v) is 2.20. The van der Waals surface area contributed by atoms with E-state index in [0.717, 1.165) is 38.1 Å². The SMILES string of the molecule is CSCCCN1CCCC1C(=O)O. The molecule has 1 saturated heterocycles. The maximum Gasteiger partial charge on any atom is 0.320 e. The summed E-state index contributed by atoms with van der Waals surface area (Å²) >= 11 is 1.82. The number of likely N-dealkylation sites (tertiary alicyclic amines) is 1. The third-order valence-corrected chi connectivity index (χ3v) is 3.14. The largest absolute Gasteiger partial charge is 0.480 e. The Hall–Kier alpha value is -0.220. The fourth-order valence-electron chi connectivity index (χ4n) is 1.79. The second kappa shape index (κ2) is 5.50. The van der Waals surface area contributed by atoms with E-state index in [4.69, 9.17) is 5.11 Å². The lowest BCUT2D eigenvalue weighted by molar-refractivity contribution is -0.142. The van der Waals surface area contributed by atoms with Gasteiger partial charge in [0.25, 0.3) is 0 Å². The number of nitrogens with zero attached hydrogens (tertiary/aromatic N) is 1. The van der Waals surface area contributed by atoms with Gasteiger partial charge in [-0.3, -0.25) is 9.69 Å². The molecule has 1 atom stereocenters. The van der Waals surface area contributed by atoms with E-state index in [-0.39, 0.29) is 6.04 Å². The van der Waals surface area contributed by atoms with E-state index in [1.807, 2.05) is 11.8 Å². The van der Waals surface area contributed by atoms with Crippen molar-refractivity contribution in [1.82, 2.24) is 4.90 Å². The number of carboxylic acid groups (broad SMARTS) is 1. The Bertz CT molecular complexity index is 175. The van der Waals surface area contributed by atoms with Gasteiger partial charge >= 0.3 is 5.97 Å². The first kappa shape index (κ1) is 10.9. The van der Waals surface area contributed by atoms with Crippen molar-refractivity contribution < 1.29 is 9.90 Å². The van der Waals surface area contributed by atoms with Gasteiger partial charge in [-0.15, -0.1) is 0 Å². The Morgan fingerprint density at radius 1 is 1.69 bits per heavy atom. The van der Waals surface area contributed by atoms with Gasteiger partial charge in [0.15, 0.2) is 0 Å². The molecule has 76 valence electrons. The molecular formula is C9H17NO2S. The van der Waals surface area contributed by atoms with E-state index in [9.17, 15) is 4.79 Å². The predicted molar refractivity (Wildman–Crippen MR) is 55.2 cm³/mol. The van der Waals surface area contributed by atoms with E-state index in [1.54, 1.807) is 0 Å². The Labute approximate surface area is 83.5 Å². The van der Waals surface area contributed by atoms with Crippen molar-refractivity contribution in [2.24, 2.45) is 0 Å². The van der Waals surface area contributed by atoms with Gasteiger partial charge in [0.2, 0.25) is 0 Å². The standard InChI is InChI=1S/C9H17NO2S/c1-13-7-3-6-10-5-2-4-8(10)9(11)12/h8H,2-7H2,1H3,(H,11,12). The number of aliphatic carboxylic acids is 1. The average molecular weight is 203 g/mol. The van der Waals surface area contributed by atoms with E-state index in [0.29, 0.717) is 0 Å². The average Bonchev–Trinajstić information content (AvgIpc) is 2.53. The molecule has 0 spiro atoms. The molecule has 1 rings (SSSR count). The van der Waals surface area contributed by atoms with Crippen LogP contribution in [0.5, 0.6) is 0 Å². The summed E-state index contributed by atoms with van der Waals surface area (Å²) < 4.78 is 0. The van der Waals surface area contributed by atoms with Gasteiger partial charge in [-0.25, -0.2) is 0 Å². The Balaban J connectivity index is 2.27. The van der Waals surface area contributed by atoms with Gasteiger partial charge in [-0.05, 0) is 44.4 Å². The van der Waals surface area contributed by atoms with Crippen LogP contribution in [0.15, 0.2) is 0 Å². The lowest BCUT2D eigenvalue weighted by Gasteiger charge is -2.20. The van der Waals surface area contributed by atoms with Crippen molar-refractivity contribution in [2.75, 3.05) is 25.1 Å². The summed E-state index contributed by atoms with van der Waals surface area (Å²) in [6.45, 7) is 1.91. The number of rotatable bonds is 5. The highest BCUT2D eigenvalue weighted by Crippen LogP contribution is 2.17. The van der Waals surface area contributed by atoms with Gasteiger partial charge in [-0.2, -0.15) is 11.8 Å². The number of carboxylic acids is 1. The molecule has 13 heavy (non-hydrogen) atoms. The van der Waals surface area contributed by atoms with Crippen molar-refractivity contribution in [1.29, 1.82) is 0 Å². The quantitative estimate of drug-likeness (QED) is 0.684. The molecule has 3 nitrogen and oxygen atoms in total. The topological polar surface area (TPSA) is 40.5 Å². The van der Waals surface area contributed by atoms with Crippen molar-refractivity contribution in [2.45, 2.75) is 25.3 Å². The second-order valence-corrected chi connectivity index (χ2v) is 4.36. The van der Waals surface area contributed by atoms with Crippen molar-refractivity contribution in [3.63, 3.8) is 0 Å². The van der Waals surface area contributed by atoms with Crippen LogP contribution < -0.4 is 0 Å². The van der Waals surface area contributed by atoms with Gasteiger partial charge < -0.3 is 5.11 Å². The molecule has 1 aliphatic heterocycles. The van der Waals surface area contributed by atoms with Crippen LogP contribution in [0.2, 0.25) is 0 Å². The van der Waals surface area contributed by atoms with Crippen molar-refractivity contribution in [3.05, 3.63) is 0 Å². The molecule has 1 heterocycles. The van der Waals surface area contributed by atoms with Crippen molar-refractivity contribution >= 4 is 17.7 Å². The number of carbonyl (C=O) groups is 1. The van der Waals surface area contributed by atoms with Crippen LogP contribution in [0.1, 0.15) is 19.3 Å². The zero-order chi connectivity index (χ0) is 9.68. The summed E-state index contributed by atoms with van der Waals surface area (Å²) in [7, 11) is 0. The minimum atomic E-state index is -0.651. The lowest BCUT2D eigenvalue weighted by atomic mass is 10.2. The fraction of sp³-hybridized carbons (Fsp3) is 0.889. The van der Waals surface area contributed by atoms with Gasteiger partial charge in [0.1, 0.15) is 6.04 Å². The molecule has 4 heteroatoms. The molecule has 0 saturated carbocycles. The van der Waals surface area contributed by atoms with E-state index < -0.39 is 5.97 Å². The Morgan fingerprint density at radius 3 is 3.08 bits per heavy atom. The second-order valence-electron chi connectivity index (χ2n) is 3.38. The summed E-state index contributed by atoms with van der Waals surface area (Å²) in [6, 6.07) is -0.207. The first-order valence-corrected chi connectivity index (χ1v) is 6.11. The summed E-state index contributed by atoms with van der Waals surface area (Å²) in [5.74, 6) is 0.477. The third kappa shape index (κ3) is 3.19. The van der Waals surface area contributed by atoms with Crippen LogP contribution >= 0.6 is 11.8 Å². The minimum Gasteiger partial charge on any atom is -0.480 e. The van der Waals surface area contributed by atoms with Crippen LogP contribution in [0.3, 0.4) is 0 Å². The number of thioether (sulfide) groups is 1. The predicted octanol–water partition coefficient (Wildman–Crippen LogP) is 1.29. The molecule has 0 radical (unpaired) electrons. The normalized spacial score (nSPS) is 23.6. The molecule has 1 unspecified atom stereocenters. The van der Waals surface area contributed by atoms with Gasteiger partial charge in [0, 0.05) is 0 Å². The highest BCUT2D eigenvalue weighted by Gasteiger charge is 2.29. The maximum absolute atomic E-state index is 10.8. The molecule has 0 aromatic heterocycles. The van der Waals surface area contributed by atoms with Crippen LogP contribution in [0.25, 0.3) is 0 Å². The third-order valence-electron chi connectivity index (χ3n) is 2.44.